The summed E-state index contributed by atoms with van der Waals surface area (Å²) in [7, 11) is 3.17. The number of ether oxygens (including phenoxy) is 4. The van der Waals surface area contributed by atoms with Crippen LogP contribution in [-0.2, 0) is 9.47 Å². The second-order valence-corrected chi connectivity index (χ2v) is 4.69. The molecular weight excluding hydrogens is 296 g/mol. The largest absolute Gasteiger partial charge is 0.487 e. The van der Waals surface area contributed by atoms with E-state index in [4.69, 9.17) is 30.5 Å². The lowest BCUT2D eigenvalue weighted by Crippen LogP contribution is -2.16. The van der Waals surface area contributed by atoms with Crippen LogP contribution in [0.2, 0.25) is 0 Å². The Hall–Kier alpha value is -1.63. The van der Waals surface area contributed by atoms with Crippen LogP contribution in [0.5, 0.6) is 11.5 Å². The Balaban J connectivity index is 2.26. The van der Waals surface area contributed by atoms with E-state index < -0.39 is 5.56 Å². The summed E-state index contributed by atoms with van der Waals surface area (Å²) in [6.45, 7) is 1.15. The van der Waals surface area contributed by atoms with Crippen LogP contribution in [0.25, 0.3) is 10.9 Å². The predicted octanol–water partition coefficient (Wildman–Crippen LogP) is 2.25. The molecule has 6 nitrogen and oxygen atoms in total. The van der Waals surface area contributed by atoms with Gasteiger partial charge in [0.2, 0.25) is 0 Å². The number of alkyl halides is 1. The Morgan fingerprint density at radius 2 is 2.00 bits per heavy atom. The molecule has 0 N–H and O–H groups in total. The van der Waals surface area contributed by atoms with E-state index in [-0.39, 0.29) is 6.61 Å². The van der Waals surface area contributed by atoms with Gasteiger partial charge in [0.25, 0.3) is 0 Å². The summed E-state index contributed by atoms with van der Waals surface area (Å²) < 4.78 is 21.2. The molecule has 1 aromatic heterocycles. The molecule has 0 amide bonds. The lowest BCUT2D eigenvalue weighted by atomic mass is 10.2. The van der Waals surface area contributed by atoms with Gasteiger partial charge in [-0.3, -0.25) is 0 Å². The quantitative estimate of drug-likeness (QED) is 0.550. The molecule has 7 heteroatoms. The van der Waals surface area contributed by atoms with E-state index in [1.165, 1.54) is 6.33 Å². The van der Waals surface area contributed by atoms with Crippen molar-refractivity contribution in [2.45, 2.75) is 5.56 Å². The first-order valence-electron chi connectivity index (χ1n) is 6.39. The molecule has 114 valence electrons. The molecule has 0 spiro atoms. The third-order valence-corrected chi connectivity index (χ3v) is 2.88. The number of benzene rings is 1. The second kappa shape index (κ2) is 7.97. The first-order chi connectivity index (χ1) is 10.2. The minimum absolute atomic E-state index is 0.266. The third kappa shape index (κ3) is 4.42. The molecule has 0 aliphatic rings. The van der Waals surface area contributed by atoms with Gasteiger partial charge in [-0.1, -0.05) is 11.6 Å². The van der Waals surface area contributed by atoms with Crippen LogP contribution < -0.4 is 9.47 Å². The van der Waals surface area contributed by atoms with Gasteiger partial charge in [-0.15, -0.1) is 0 Å². The van der Waals surface area contributed by atoms with Crippen LogP contribution in [-0.4, -0.2) is 49.6 Å². The molecule has 0 bridgehead atoms. The van der Waals surface area contributed by atoms with Crippen molar-refractivity contribution in [2.75, 3.05) is 34.0 Å². The summed E-state index contributed by atoms with van der Waals surface area (Å²) in [5.74, 6) is 1.07. The second-order valence-electron chi connectivity index (χ2n) is 4.21. The molecule has 0 fully saturated rings. The normalized spacial score (nSPS) is 12.3. The van der Waals surface area contributed by atoms with E-state index in [1.54, 1.807) is 32.5 Å². The van der Waals surface area contributed by atoms with E-state index in [2.05, 4.69) is 9.97 Å². The molecule has 1 atom stereocenters. The van der Waals surface area contributed by atoms with Crippen molar-refractivity contribution in [3.63, 3.8) is 0 Å². The van der Waals surface area contributed by atoms with Gasteiger partial charge in [0.1, 0.15) is 12.9 Å². The zero-order valence-corrected chi connectivity index (χ0v) is 12.7. The molecule has 0 saturated carbocycles. The van der Waals surface area contributed by atoms with E-state index >= 15 is 0 Å². The Morgan fingerprint density at radius 1 is 1.14 bits per heavy atom. The van der Waals surface area contributed by atoms with E-state index in [1.807, 2.05) is 0 Å². The maximum atomic E-state index is 6.04. The van der Waals surface area contributed by atoms with Gasteiger partial charge in [-0.05, 0) is 6.07 Å². The first kappa shape index (κ1) is 15.8. The van der Waals surface area contributed by atoms with Gasteiger partial charge in [0, 0.05) is 31.9 Å². The van der Waals surface area contributed by atoms with Crippen molar-refractivity contribution >= 4 is 22.5 Å². The summed E-state index contributed by atoms with van der Waals surface area (Å²) in [6.07, 6.45) is 3.19. The minimum atomic E-state index is -0.609. The molecule has 0 aliphatic heterocycles. The number of aromatic nitrogens is 2. The topological polar surface area (TPSA) is 62.7 Å². The highest BCUT2D eigenvalue weighted by Gasteiger charge is 2.13. The molecule has 0 radical (unpaired) electrons. The maximum absolute atomic E-state index is 6.04. The smallest absolute Gasteiger partial charge is 0.195 e. The number of nitrogens with zero attached hydrogens (tertiary/aromatic N) is 2. The summed E-state index contributed by atoms with van der Waals surface area (Å²) in [6, 6.07) is 3.58. The molecular formula is C14H17ClN2O4. The fraction of sp³-hybridized carbons (Fsp3) is 0.429. The highest BCUT2D eigenvalue weighted by Crippen LogP contribution is 2.32. The molecule has 2 rings (SSSR count). The van der Waals surface area contributed by atoms with E-state index in [0.717, 1.165) is 10.9 Å². The van der Waals surface area contributed by atoms with Gasteiger partial charge < -0.3 is 18.9 Å². The Morgan fingerprint density at radius 3 is 2.76 bits per heavy atom. The average Bonchev–Trinajstić information content (AvgIpc) is 2.48. The zero-order chi connectivity index (χ0) is 15.1. The van der Waals surface area contributed by atoms with Gasteiger partial charge in [0.15, 0.2) is 17.1 Å². The van der Waals surface area contributed by atoms with E-state index in [0.29, 0.717) is 24.7 Å². The summed E-state index contributed by atoms with van der Waals surface area (Å²) in [4.78, 5) is 8.18. The highest BCUT2D eigenvalue weighted by atomic mass is 35.5. The number of hydrogen-bond donors (Lipinski definition) is 0. The predicted molar refractivity (Wildman–Crippen MR) is 79.1 cm³/mol. The van der Waals surface area contributed by atoms with Crippen molar-refractivity contribution in [1.82, 2.24) is 9.97 Å². The maximum Gasteiger partial charge on any atom is 0.195 e. The van der Waals surface area contributed by atoms with Gasteiger partial charge >= 0.3 is 0 Å². The average molecular weight is 313 g/mol. The lowest BCUT2D eigenvalue weighted by Gasteiger charge is -2.16. The lowest BCUT2D eigenvalue weighted by molar-refractivity contribution is 0.117. The molecule has 21 heavy (non-hydrogen) atoms. The van der Waals surface area contributed by atoms with Crippen LogP contribution in [0.3, 0.4) is 0 Å². The van der Waals surface area contributed by atoms with Crippen molar-refractivity contribution in [3.05, 3.63) is 24.7 Å². The summed E-state index contributed by atoms with van der Waals surface area (Å²) in [5.41, 5.74) is 0.157. The van der Waals surface area contributed by atoms with Crippen molar-refractivity contribution in [2.24, 2.45) is 0 Å². The Bertz CT molecular complexity index is 582. The SMILES string of the molecule is COCCOc1cc2ncncc2cc1OC(Cl)COC. The molecule has 1 unspecified atom stereocenters. The standard InChI is InChI=1S/C14H17ClN2O4/c1-18-3-4-20-12-6-11-10(7-16-9-17-11)5-13(12)21-14(15)8-19-2/h5-7,9,14H,3-4,8H2,1-2H3. The van der Waals surface area contributed by atoms with Gasteiger partial charge in [-0.2, -0.15) is 0 Å². The summed E-state index contributed by atoms with van der Waals surface area (Å²) in [5, 5.41) is 0.841. The molecule has 1 aromatic carbocycles. The fourth-order valence-electron chi connectivity index (χ4n) is 1.73. The minimum Gasteiger partial charge on any atom is -0.487 e. The third-order valence-electron chi connectivity index (χ3n) is 2.67. The van der Waals surface area contributed by atoms with Crippen molar-refractivity contribution in [3.8, 4) is 11.5 Å². The van der Waals surface area contributed by atoms with Crippen molar-refractivity contribution < 1.29 is 18.9 Å². The van der Waals surface area contributed by atoms with Crippen LogP contribution in [0.1, 0.15) is 0 Å². The van der Waals surface area contributed by atoms with Gasteiger partial charge in [0.05, 0.1) is 18.7 Å². The molecule has 1 heterocycles. The highest BCUT2D eigenvalue weighted by molar-refractivity contribution is 6.20. The molecule has 0 aliphatic carbocycles. The number of halogens is 1. The Labute approximate surface area is 127 Å². The Kier molecular flexibility index (Phi) is 5.98. The van der Waals surface area contributed by atoms with Gasteiger partial charge in [-0.25, -0.2) is 9.97 Å². The molecule has 0 saturated heterocycles. The number of hydrogen-bond acceptors (Lipinski definition) is 6. The van der Waals surface area contributed by atoms with E-state index in [9.17, 15) is 0 Å². The van der Waals surface area contributed by atoms with Crippen LogP contribution in [0.4, 0.5) is 0 Å². The first-order valence-corrected chi connectivity index (χ1v) is 6.83. The zero-order valence-electron chi connectivity index (χ0n) is 11.9. The summed E-state index contributed by atoms with van der Waals surface area (Å²) >= 11 is 6.04. The number of rotatable bonds is 8. The van der Waals surface area contributed by atoms with Crippen LogP contribution >= 0.6 is 11.6 Å². The van der Waals surface area contributed by atoms with Crippen molar-refractivity contribution in [1.29, 1.82) is 0 Å². The monoisotopic (exact) mass is 312 g/mol. The van der Waals surface area contributed by atoms with Crippen LogP contribution in [0, 0.1) is 0 Å². The number of fused-ring (bicyclic) bond motifs is 1. The number of methoxy groups -OCH3 is 2. The molecule has 2 aromatic rings. The fourth-order valence-corrected chi connectivity index (χ4v) is 1.95. The van der Waals surface area contributed by atoms with Crippen LogP contribution in [0.15, 0.2) is 24.7 Å².